The van der Waals surface area contributed by atoms with Gasteiger partial charge in [-0.3, -0.25) is 0 Å². The molecule has 0 amide bonds. The number of carboxylic acid groups (broad SMARTS) is 1. The molecule has 3 N–H and O–H groups in total. The number of tetrazole rings is 1. The quantitative estimate of drug-likeness (QED) is 0.801. The van der Waals surface area contributed by atoms with Crippen LogP contribution in [0.25, 0.3) is 11.4 Å². The third kappa shape index (κ3) is 2.54. The molecule has 0 saturated carbocycles. The molecule has 1 aromatic heterocycles. The number of nitrogens with zero attached hydrogens (tertiary/aromatic N) is 4. The lowest BCUT2D eigenvalue weighted by atomic mass is 10.0. The van der Waals surface area contributed by atoms with Crippen molar-refractivity contribution in [3.8, 4) is 11.4 Å². The number of carbonyl (C=O) groups is 1. The molecule has 1 unspecified atom stereocenters. The Morgan fingerprint density at radius 2 is 1.95 bits per heavy atom. The fourth-order valence-corrected chi connectivity index (χ4v) is 1.88. The summed E-state index contributed by atoms with van der Waals surface area (Å²) in [5.74, 6) is -0.673. The number of aromatic nitrogens is 4. The highest BCUT2D eigenvalue weighted by atomic mass is 16.4. The fraction of sp³-hybridized carbons (Fsp3) is 0.333. The van der Waals surface area contributed by atoms with Crippen LogP contribution < -0.4 is 5.73 Å². The van der Waals surface area contributed by atoms with Gasteiger partial charge in [-0.05, 0) is 40.6 Å². The van der Waals surface area contributed by atoms with E-state index in [-0.39, 0.29) is 5.92 Å². The summed E-state index contributed by atoms with van der Waals surface area (Å²) in [4.78, 5) is 11.3. The molecule has 2 rings (SSSR count). The van der Waals surface area contributed by atoms with Gasteiger partial charge < -0.3 is 10.8 Å². The van der Waals surface area contributed by atoms with Crippen LogP contribution in [0.4, 0.5) is 5.69 Å². The normalized spacial score (nSPS) is 12.6. The maximum Gasteiger partial charge on any atom is 0.328 e. The number of nitrogen functional groups attached to an aromatic ring is 1. The van der Waals surface area contributed by atoms with E-state index in [1.807, 2.05) is 13.8 Å². The molecule has 100 valence electrons. The predicted octanol–water partition coefficient (Wildman–Crippen LogP) is 1.20. The first kappa shape index (κ1) is 13.0. The second kappa shape index (κ2) is 5.05. The summed E-state index contributed by atoms with van der Waals surface area (Å²) in [6, 6.07) is 6.16. The van der Waals surface area contributed by atoms with E-state index in [0.29, 0.717) is 11.5 Å². The molecule has 0 spiro atoms. The Balaban J connectivity index is 2.47. The Morgan fingerprint density at radius 3 is 2.47 bits per heavy atom. The Labute approximate surface area is 110 Å². The van der Waals surface area contributed by atoms with Crippen molar-refractivity contribution >= 4 is 11.7 Å². The van der Waals surface area contributed by atoms with Crippen molar-refractivity contribution in [3.05, 3.63) is 24.3 Å². The highest BCUT2D eigenvalue weighted by Gasteiger charge is 2.28. The topological polar surface area (TPSA) is 107 Å². The number of hydrogen-bond acceptors (Lipinski definition) is 5. The van der Waals surface area contributed by atoms with Gasteiger partial charge in [-0.15, -0.1) is 5.10 Å². The van der Waals surface area contributed by atoms with Crippen LogP contribution in [0.1, 0.15) is 19.9 Å². The first-order valence-electron chi connectivity index (χ1n) is 5.87. The lowest BCUT2D eigenvalue weighted by Gasteiger charge is -2.17. The number of aliphatic carboxylic acids is 1. The highest BCUT2D eigenvalue weighted by Crippen LogP contribution is 2.24. The minimum Gasteiger partial charge on any atom is -0.480 e. The zero-order valence-electron chi connectivity index (χ0n) is 10.7. The van der Waals surface area contributed by atoms with Gasteiger partial charge in [0.2, 0.25) is 0 Å². The third-order valence-corrected chi connectivity index (χ3v) is 2.81. The zero-order valence-corrected chi connectivity index (χ0v) is 10.7. The van der Waals surface area contributed by atoms with Crippen LogP contribution in [-0.2, 0) is 4.79 Å². The van der Waals surface area contributed by atoms with Gasteiger partial charge in [0.15, 0.2) is 11.9 Å². The number of benzene rings is 1. The average Bonchev–Trinajstić information content (AvgIpc) is 2.78. The smallest absolute Gasteiger partial charge is 0.328 e. The Bertz CT molecular complexity index is 576. The zero-order chi connectivity index (χ0) is 14.0. The molecule has 0 fully saturated rings. The molecule has 0 bridgehead atoms. The van der Waals surface area contributed by atoms with E-state index in [0.717, 1.165) is 5.56 Å². The lowest BCUT2D eigenvalue weighted by molar-refractivity contribution is -0.142. The van der Waals surface area contributed by atoms with Crippen molar-refractivity contribution in [2.45, 2.75) is 19.9 Å². The number of carboxylic acids is 1. The Morgan fingerprint density at radius 1 is 1.32 bits per heavy atom. The van der Waals surface area contributed by atoms with Gasteiger partial charge in [0.1, 0.15) is 0 Å². The van der Waals surface area contributed by atoms with E-state index in [1.165, 1.54) is 4.68 Å². The first-order chi connectivity index (χ1) is 9.00. The molecule has 1 heterocycles. The SMILES string of the molecule is CC(C)C(C(=O)O)n1nnnc1-c1ccc(N)cc1. The molecule has 2 aromatic rings. The molecule has 0 aliphatic carbocycles. The van der Waals surface area contributed by atoms with E-state index in [1.54, 1.807) is 24.3 Å². The number of rotatable bonds is 4. The third-order valence-electron chi connectivity index (χ3n) is 2.81. The van der Waals surface area contributed by atoms with E-state index in [4.69, 9.17) is 5.73 Å². The summed E-state index contributed by atoms with van der Waals surface area (Å²) >= 11 is 0. The first-order valence-corrected chi connectivity index (χ1v) is 5.87. The van der Waals surface area contributed by atoms with Gasteiger partial charge in [-0.2, -0.15) is 0 Å². The van der Waals surface area contributed by atoms with Crippen LogP contribution in [0.3, 0.4) is 0 Å². The number of anilines is 1. The molecule has 19 heavy (non-hydrogen) atoms. The second-order valence-corrected chi connectivity index (χ2v) is 4.60. The summed E-state index contributed by atoms with van der Waals surface area (Å²) < 4.78 is 1.33. The number of hydrogen-bond donors (Lipinski definition) is 2. The van der Waals surface area contributed by atoms with E-state index < -0.39 is 12.0 Å². The Hall–Kier alpha value is -2.44. The Kier molecular flexibility index (Phi) is 3.46. The molecule has 1 aromatic carbocycles. The molecule has 0 aliphatic heterocycles. The highest BCUT2D eigenvalue weighted by molar-refractivity contribution is 5.73. The van der Waals surface area contributed by atoms with Crippen molar-refractivity contribution in [2.24, 2.45) is 5.92 Å². The summed E-state index contributed by atoms with van der Waals surface area (Å²) in [5, 5.41) is 20.6. The minimum atomic E-state index is -0.959. The maximum absolute atomic E-state index is 11.3. The standard InChI is InChI=1S/C12H15N5O2/c1-7(2)10(12(18)19)17-11(14-15-16-17)8-3-5-9(13)6-4-8/h3-7,10H,13H2,1-2H3,(H,18,19). The summed E-state index contributed by atoms with van der Waals surface area (Å²) in [6.07, 6.45) is 0. The van der Waals surface area contributed by atoms with Crippen LogP contribution in [-0.4, -0.2) is 31.3 Å². The lowest BCUT2D eigenvalue weighted by Crippen LogP contribution is -2.26. The molecule has 0 aliphatic rings. The van der Waals surface area contributed by atoms with Crippen molar-refractivity contribution in [1.82, 2.24) is 20.2 Å². The van der Waals surface area contributed by atoms with Crippen molar-refractivity contribution < 1.29 is 9.90 Å². The predicted molar refractivity (Wildman–Crippen MR) is 69.2 cm³/mol. The minimum absolute atomic E-state index is 0.131. The molecule has 7 nitrogen and oxygen atoms in total. The molecule has 1 atom stereocenters. The van der Waals surface area contributed by atoms with Gasteiger partial charge >= 0.3 is 5.97 Å². The van der Waals surface area contributed by atoms with Crippen LogP contribution >= 0.6 is 0 Å². The van der Waals surface area contributed by atoms with Crippen LogP contribution in [0.15, 0.2) is 24.3 Å². The maximum atomic E-state index is 11.3. The van der Waals surface area contributed by atoms with Gasteiger partial charge in [-0.1, -0.05) is 13.8 Å². The summed E-state index contributed by atoms with van der Waals surface area (Å²) in [7, 11) is 0. The van der Waals surface area contributed by atoms with Crippen molar-refractivity contribution in [3.63, 3.8) is 0 Å². The molecule has 0 radical (unpaired) electrons. The van der Waals surface area contributed by atoms with Gasteiger partial charge in [-0.25, -0.2) is 9.48 Å². The van der Waals surface area contributed by atoms with Crippen molar-refractivity contribution in [2.75, 3.05) is 5.73 Å². The van der Waals surface area contributed by atoms with Gasteiger partial charge in [0.25, 0.3) is 0 Å². The fourth-order valence-electron chi connectivity index (χ4n) is 1.88. The van der Waals surface area contributed by atoms with Gasteiger partial charge in [0, 0.05) is 11.3 Å². The van der Waals surface area contributed by atoms with E-state index >= 15 is 0 Å². The summed E-state index contributed by atoms with van der Waals surface area (Å²) in [6.45, 7) is 3.63. The molecule has 7 heteroatoms. The van der Waals surface area contributed by atoms with Gasteiger partial charge in [0.05, 0.1) is 0 Å². The largest absolute Gasteiger partial charge is 0.480 e. The van der Waals surface area contributed by atoms with Crippen molar-refractivity contribution in [1.29, 1.82) is 0 Å². The van der Waals surface area contributed by atoms with E-state index in [2.05, 4.69) is 15.5 Å². The van der Waals surface area contributed by atoms with Crippen LogP contribution in [0.5, 0.6) is 0 Å². The number of nitrogens with two attached hydrogens (primary N) is 1. The van der Waals surface area contributed by atoms with E-state index in [9.17, 15) is 9.90 Å². The molecular weight excluding hydrogens is 246 g/mol. The summed E-state index contributed by atoms with van der Waals surface area (Å²) in [5.41, 5.74) is 6.98. The molecule has 0 saturated heterocycles. The van der Waals surface area contributed by atoms with Crippen LogP contribution in [0, 0.1) is 5.92 Å². The average molecular weight is 261 g/mol. The monoisotopic (exact) mass is 261 g/mol. The van der Waals surface area contributed by atoms with Crippen LogP contribution in [0.2, 0.25) is 0 Å². The molecular formula is C12H15N5O2. The second-order valence-electron chi connectivity index (χ2n) is 4.60.